The summed E-state index contributed by atoms with van der Waals surface area (Å²) in [5, 5.41) is -0.478. The average molecular weight is 320 g/mol. The Hall–Kier alpha value is -2.15. The van der Waals surface area contributed by atoms with Gasteiger partial charge in [-0.2, -0.15) is 0 Å². The van der Waals surface area contributed by atoms with E-state index in [0.717, 1.165) is 16.7 Å². The number of carbonyl (C=O) groups excluding carboxylic acids is 3. The third kappa shape index (κ3) is 3.94. The van der Waals surface area contributed by atoms with Crippen LogP contribution in [-0.2, 0) is 14.3 Å². The standard InChI is InChI=1S/C15H16N2O4S/c1-3-10(2)21-13(18)9-17-14(19)12(22-15(17)20)8-11-6-4-5-7-16-11/h4-8,10H,3,9H2,1-2H3/b12-8-/t10-/m1/s1. The van der Waals surface area contributed by atoms with E-state index >= 15 is 0 Å². The summed E-state index contributed by atoms with van der Waals surface area (Å²) in [5.74, 6) is -1.09. The van der Waals surface area contributed by atoms with Crippen molar-refractivity contribution in [2.45, 2.75) is 26.4 Å². The molecular weight excluding hydrogens is 304 g/mol. The summed E-state index contributed by atoms with van der Waals surface area (Å²) < 4.78 is 5.09. The number of rotatable bonds is 5. The van der Waals surface area contributed by atoms with E-state index in [1.54, 1.807) is 31.3 Å². The van der Waals surface area contributed by atoms with Crippen molar-refractivity contribution in [2.75, 3.05) is 6.54 Å². The quantitative estimate of drug-likeness (QED) is 0.613. The molecule has 0 spiro atoms. The third-order valence-electron chi connectivity index (χ3n) is 3.04. The molecule has 0 radical (unpaired) electrons. The van der Waals surface area contributed by atoms with Gasteiger partial charge in [0.2, 0.25) is 0 Å². The fourth-order valence-corrected chi connectivity index (χ4v) is 2.53. The van der Waals surface area contributed by atoms with Crippen molar-refractivity contribution < 1.29 is 19.1 Å². The Balaban J connectivity index is 2.06. The van der Waals surface area contributed by atoms with Gasteiger partial charge in [-0.1, -0.05) is 13.0 Å². The Labute approximate surface area is 132 Å². The zero-order valence-corrected chi connectivity index (χ0v) is 13.1. The number of nitrogens with zero attached hydrogens (tertiary/aromatic N) is 2. The Kier molecular flexibility index (Phi) is 5.32. The van der Waals surface area contributed by atoms with Crippen molar-refractivity contribution in [3.05, 3.63) is 35.0 Å². The highest BCUT2D eigenvalue weighted by Gasteiger charge is 2.36. The van der Waals surface area contributed by atoms with E-state index in [1.807, 2.05) is 6.92 Å². The normalized spacial score (nSPS) is 17.9. The van der Waals surface area contributed by atoms with Gasteiger partial charge in [0.05, 0.1) is 16.7 Å². The molecule has 0 bridgehead atoms. The number of aromatic nitrogens is 1. The van der Waals surface area contributed by atoms with E-state index in [4.69, 9.17) is 4.74 Å². The second kappa shape index (κ2) is 7.22. The second-order valence-corrected chi connectivity index (χ2v) is 5.72. The molecule has 1 aliphatic heterocycles. The Morgan fingerprint density at radius 3 is 2.86 bits per heavy atom. The van der Waals surface area contributed by atoms with Gasteiger partial charge in [0, 0.05) is 6.20 Å². The molecule has 116 valence electrons. The first-order valence-electron chi connectivity index (χ1n) is 6.87. The molecule has 0 saturated carbocycles. The largest absolute Gasteiger partial charge is 0.461 e. The zero-order chi connectivity index (χ0) is 16.1. The summed E-state index contributed by atoms with van der Waals surface area (Å²) in [5.41, 5.74) is 0.579. The van der Waals surface area contributed by atoms with E-state index in [0.29, 0.717) is 12.1 Å². The number of hydrogen-bond donors (Lipinski definition) is 0. The summed E-state index contributed by atoms with van der Waals surface area (Å²) in [6.07, 6.45) is 3.56. The first-order chi connectivity index (χ1) is 10.5. The first-order valence-corrected chi connectivity index (χ1v) is 7.68. The molecule has 2 amide bonds. The van der Waals surface area contributed by atoms with Gasteiger partial charge >= 0.3 is 5.97 Å². The van der Waals surface area contributed by atoms with Crippen molar-refractivity contribution in [3.63, 3.8) is 0 Å². The van der Waals surface area contributed by atoms with Gasteiger partial charge in [0.1, 0.15) is 6.54 Å². The van der Waals surface area contributed by atoms with Gasteiger partial charge in [-0.15, -0.1) is 0 Å². The minimum absolute atomic E-state index is 0.239. The number of amides is 2. The molecular formula is C15H16N2O4S. The predicted octanol–water partition coefficient (Wildman–Crippen LogP) is 2.46. The summed E-state index contributed by atoms with van der Waals surface area (Å²) >= 11 is 0.794. The SMILES string of the molecule is CC[C@@H](C)OC(=O)CN1C(=O)S/C(=C\c2ccccn2)C1=O. The van der Waals surface area contributed by atoms with Crippen LogP contribution in [0.2, 0.25) is 0 Å². The van der Waals surface area contributed by atoms with Gasteiger partial charge in [-0.05, 0) is 43.3 Å². The molecule has 1 aliphatic rings. The van der Waals surface area contributed by atoms with Crippen LogP contribution in [0.25, 0.3) is 6.08 Å². The lowest BCUT2D eigenvalue weighted by molar-refractivity contribution is -0.150. The van der Waals surface area contributed by atoms with Crippen LogP contribution in [0.3, 0.4) is 0 Å². The highest BCUT2D eigenvalue weighted by atomic mass is 32.2. The lowest BCUT2D eigenvalue weighted by atomic mass is 10.3. The number of ether oxygens (including phenoxy) is 1. The maximum atomic E-state index is 12.2. The Bertz CT molecular complexity index is 615. The molecule has 0 aromatic carbocycles. The third-order valence-corrected chi connectivity index (χ3v) is 3.94. The second-order valence-electron chi connectivity index (χ2n) is 4.73. The van der Waals surface area contributed by atoms with Gasteiger partial charge in [0.15, 0.2) is 0 Å². The molecule has 1 aromatic rings. The average Bonchev–Trinajstić information content (AvgIpc) is 2.75. The molecule has 1 saturated heterocycles. The Morgan fingerprint density at radius 1 is 1.45 bits per heavy atom. The minimum atomic E-state index is -0.587. The zero-order valence-electron chi connectivity index (χ0n) is 12.3. The fraction of sp³-hybridized carbons (Fsp3) is 0.333. The smallest absolute Gasteiger partial charge is 0.326 e. The number of imide groups is 1. The fourth-order valence-electron chi connectivity index (χ4n) is 1.71. The van der Waals surface area contributed by atoms with E-state index in [9.17, 15) is 14.4 Å². The van der Waals surface area contributed by atoms with Gasteiger partial charge in [0.25, 0.3) is 11.1 Å². The molecule has 22 heavy (non-hydrogen) atoms. The number of thioether (sulfide) groups is 1. The number of pyridine rings is 1. The van der Waals surface area contributed by atoms with Crippen molar-refractivity contribution in [1.82, 2.24) is 9.88 Å². The van der Waals surface area contributed by atoms with Crippen LogP contribution in [0.15, 0.2) is 29.3 Å². The van der Waals surface area contributed by atoms with Crippen LogP contribution in [0.4, 0.5) is 4.79 Å². The topological polar surface area (TPSA) is 76.6 Å². The van der Waals surface area contributed by atoms with E-state index in [1.165, 1.54) is 6.08 Å². The van der Waals surface area contributed by atoms with Crippen LogP contribution in [0.5, 0.6) is 0 Å². The summed E-state index contributed by atoms with van der Waals surface area (Å²) in [7, 11) is 0. The number of carbonyl (C=O) groups is 3. The van der Waals surface area contributed by atoms with Crippen LogP contribution in [0.1, 0.15) is 26.0 Å². The Morgan fingerprint density at radius 2 is 2.23 bits per heavy atom. The van der Waals surface area contributed by atoms with Crippen molar-refractivity contribution in [2.24, 2.45) is 0 Å². The number of hydrogen-bond acceptors (Lipinski definition) is 6. The molecule has 2 heterocycles. The van der Waals surface area contributed by atoms with Crippen LogP contribution in [-0.4, -0.2) is 39.6 Å². The van der Waals surface area contributed by atoms with Crippen LogP contribution < -0.4 is 0 Å². The maximum Gasteiger partial charge on any atom is 0.326 e. The summed E-state index contributed by atoms with van der Waals surface area (Å²) in [4.78, 5) is 41.0. The van der Waals surface area contributed by atoms with E-state index < -0.39 is 17.1 Å². The molecule has 0 unspecified atom stereocenters. The lowest BCUT2D eigenvalue weighted by Crippen LogP contribution is -2.35. The number of esters is 1. The van der Waals surface area contributed by atoms with Gasteiger partial charge in [-0.3, -0.25) is 24.3 Å². The van der Waals surface area contributed by atoms with Crippen molar-refractivity contribution >= 4 is 35.0 Å². The van der Waals surface area contributed by atoms with E-state index in [-0.39, 0.29) is 17.6 Å². The molecule has 0 aliphatic carbocycles. The highest BCUT2D eigenvalue weighted by Crippen LogP contribution is 2.31. The predicted molar refractivity (Wildman–Crippen MR) is 82.8 cm³/mol. The summed E-state index contributed by atoms with van der Waals surface area (Å²) in [6, 6.07) is 5.27. The molecule has 1 aromatic heterocycles. The van der Waals surface area contributed by atoms with Crippen LogP contribution in [0, 0.1) is 0 Å². The summed E-state index contributed by atoms with van der Waals surface area (Å²) in [6.45, 7) is 3.27. The first kappa shape index (κ1) is 16.2. The lowest BCUT2D eigenvalue weighted by Gasteiger charge is -2.14. The van der Waals surface area contributed by atoms with Crippen molar-refractivity contribution in [3.8, 4) is 0 Å². The molecule has 2 rings (SSSR count). The molecule has 7 heteroatoms. The maximum absolute atomic E-state index is 12.2. The van der Waals surface area contributed by atoms with E-state index in [2.05, 4.69) is 4.98 Å². The minimum Gasteiger partial charge on any atom is -0.461 e. The van der Waals surface area contributed by atoms with Crippen molar-refractivity contribution in [1.29, 1.82) is 0 Å². The van der Waals surface area contributed by atoms with Gasteiger partial charge < -0.3 is 4.74 Å². The molecule has 1 atom stereocenters. The monoisotopic (exact) mass is 320 g/mol. The molecule has 0 N–H and O–H groups in total. The van der Waals surface area contributed by atoms with Gasteiger partial charge in [-0.25, -0.2) is 0 Å². The molecule has 1 fully saturated rings. The molecule has 6 nitrogen and oxygen atoms in total. The highest BCUT2D eigenvalue weighted by molar-refractivity contribution is 8.18. The van der Waals surface area contributed by atoms with Crippen LogP contribution >= 0.6 is 11.8 Å².